The van der Waals surface area contributed by atoms with E-state index < -0.39 is 0 Å². The summed E-state index contributed by atoms with van der Waals surface area (Å²) in [6.45, 7) is 6.69. The molecule has 0 aromatic carbocycles. The van der Waals surface area contributed by atoms with Crippen LogP contribution in [0.5, 0.6) is 5.88 Å². The summed E-state index contributed by atoms with van der Waals surface area (Å²) in [7, 11) is 1.66. The molecule has 0 radical (unpaired) electrons. The van der Waals surface area contributed by atoms with E-state index in [9.17, 15) is 0 Å². The van der Waals surface area contributed by atoms with Crippen LogP contribution in [0.25, 0.3) is 0 Å². The van der Waals surface area contributed by atoms with Crippen LogP contribution in [-0.4, -0.2) is 42.7 Å². The predicted molar refractivity (Wildman–Crippen MR) is 72.8 cm³/mol. The average molecular weight is 249 g/mol. The lowest BCUT2D eigenvalue weighted by molar-refractivity contribution is 0.229. The molecule has 4 nitrogen and oxygen atoms in total. The molecule has 100 valence electrons. The van der Waals surface area contributed by atoms with Gasteiger partial charge in [0.15, 0.2) is 0 Å². The van der Waals surface area contributed by atoms with E-state index in [0.717, 1.165) is 26.2 Å². The third kappa shape index (κ3) is 3.96. The average Bonchev–Trinajstić information content (AvgIpc) is 2.38. The summed E-state index contributed by atoms with van der Waals surface area (Å²) in [6, 6.07) is 4.73. The van der Waals surface area contributed by atoms with Crippen LogP contribution in [0.2, 0.25) is 0 Å². The molecule has 2 heterocycles. The molecule has 4 heteroatoms. The molecule has 1 saturated heterocycles. The minimum Gasteiger partial charge on any atom is -0.481 e. The van der Waals surface area contributed by atoms with Crippen molar-refractivity contribution in [1.82, 2.24) is 15.2 Å². The zero-order valence-corrected chi connectivity index (χ0v) is 11.4. The molecule has 0 amide bonds. The minimum absolute atomic E-state index is 0.625. The van der Waals surface area contributed by atoms with Crippen molar-refractivity contribution in [3.05, 3.63) is 23.9 Å². The third-order valence-electron chi connectivity index (χ3n) is 3.44. The summed E-state index contributed by atoms with van der Waals surface area (Å²) < 4.78 is 5.17. The number of aromatic nitrogens is 1. The van der Waals surface area contributed by atoms with E-state index in [1.54, 1.807) is 7.11 Å². The van der Waals surface area contributed by atoms with Crippen LogP contribution < -0.4 is 10.1 Å². The van der Waals surface area contributed by atoms with Crippen molar-refractivity contribution in [3.63, 3.8) is 0 Å². The Hall–Kier alpha value is -1.13. The highest BCUT2D eigenvalue weighted by molar-refractivity contribution is 5.20. The van der Waals surface area contributed by atoms with E-state index in [-0.39, 0.29) is 0 Å². The molecule has 1 atom stereocenters. The van der Waals surface area contributed by atoms with Crippen molar-refractivity contribution >= 4 is 0 Å². The van der Waals surface area contributed by atoms with Crippen molar-refractivity contribution in [2.45, 2.75) is 32.4 Å². The van der Waals surface area contributed by atoms with Gasteiger partial charge in [0.25, 0.3) is 0 Å². The molecule has 1 N–H and O–H groups in total. The lowest BCUT2D eigenvalue weighted by atomic mass is 10.1. The second-order valence-electron chi connectivity index (χ2n) is 4.98. The number of hydrogen-bond acceptors (Lipinski definition) is 4. The van der Waals surface area contributed by atoms with E-state index in [1.807, 2.05) is 12.3 Å². The number of hydrogen-bond donors (Lipinski definition) is 1. The maximum atomic E-state index is 5.17. The fourth-order valence-corrected chi connectivity index (χ4v) is 2.32. The van der Waals surface area contributed by atoms with Gasteiger partial charge in [0.2, 0.25) is 5.88 Å². The first-order valence-corrected chi connectivity index (χ1v) is 6.72. The number of nitrogens with one attached hydrogen (secondary N) is 1. The van der Waals surface area contributed by atoms with Gasteiger partial charge in [0, 0.05) is 24.8 Å². The van der Waals surface area contributed by atoms with Crippen LogP contribution in [-0.2, 0) is 6.54 Å². The van der Waals surface area contributed by atoms with Gasteiger partial charge in [-0.15, -0.1) is 0 Å². The normalized spacial score (nSPS) is 22.2. The van der Waals surface area contributed by atoms with Gasteiger partial charge < -0.3 is 10.1 Å². The first-order chi connectivity index (χ1) is 8.78. The Morgan fingerprint density at radius 3 is 3.22 bits per heavy atom. The van der Waals surface area contributed by atoms with Gasteiger partial charge in [0.1, 0.15) is 0 Å². The monoisotopic (exact) mass is 249 g/mol. The Bertz CT molecular complexity index is 370. The maximum absolute atomic E-state index is 5.17. The molecule has 0 saturated carbocycles. The highest BCUT2D eigenvalue weighted by atomic mass is 16.5. The highest BCUT2D eigenvalue weighted by Gasteiger charge is 2.12. The van der Waals surface area contributed by atoms with Gasteiger partial charge in [-0.25, -0.2) is 4.98 Å². The molecule has 0 aliphatic carbocycles. The molecule has 18 heavy (non-hydrogen) atoms. The van der Waals surface area contributed by atoms with E-state index in [0.29, 0.717) is 11.9 Å². The Balaban J connectivity index is 1.93. The molecule has 1 aromatic heterocycles. The summed E-state index contributed by atoms with van der Waals surface area (Å²) in [6.07, 6.45) is 4.25. The summed E-state index contributed by atoms with van der Waals surface area (Å²) >= 11 is 0. The Morgan fingerprint density at radius 2 is 2.39 bits per heavy atom. The lowest BCUT2D eigenvalue weighted by Crippen LogP contribution is -2.38. The molecule has 2 rings (SSSR count). The molecule has 1 fully saturated rings. The number of rotatable bonds is 3. The van der Waals surface area contributed by atoms with E-state index >= 15 is 0 Å². The zero-order chi connectivity index (χ0) is 12.8. The van der Waals surface area contributed by atoms with Crippen molar-refractivity contribution in [2.24, 2.45) is 0 Å². The molecule has 0 spiro atoms. The molecule has 1 unspecified atom stereocenters. The molecular weight excluding hydrogens is 226 g/mol. The summed E-state index contributed by atoms with van der Waals surface area (Å²) in [5.74, 6) is 0.703. The largest absolute Gasteiger partial charge is 0.481 e. The quantitative estimate of drug-likeness (QED) is 0.884. The highest BCUT2D eigenvalue weighted by Crippen LogP contribution is 2.12. The topological polar surface area (TPSA) is 37.4 Å². The predicted octanol–water partition coefficient (Wildman–Crippen LogP) is 1.66. The van der Waals surface area contributed by atoms with Crippen LogP contribution in [0.4, 0.5) is 0 Å². The molecule has 0 bridgehead atoms. The van der Waals surface area contributed by atoms with Gasteiger partial charge >= 0.3 is 0 Å². The van der Waals surface area contributed by atoms with Crippen LogP contribution in [0.15, 0.2) is 18.3 Å². The Morgan fingerprint density at radius 1 is 1.50 bits per heavy atom. The smallest absolute Gasteiger partial charge is 0.213 e. The van der Waals surface area contributed by atoms with Gasteiger partial charge in [-0.1, -0.05) is 0 Å². The van der Waals surface area contributed by atoms with Gasteiger partial charge in [-0.3, -0.25) is 4.90 Å². The second-order valence-corrected chi connectivity index (χ2v) is 4.98. The third-order valence-corrected chi connectivity index (χ3v) is 3.44. The number of pyridine rings is 1. The minimum atomic E-state index is 0.625. The first kappa shape index (κ1) is 13.3. The summed E-state index contributed by atoms with van der Waals surface area (Å²) in [5.41, 5.74) is 1.28. The van der Waals surface area contributed by atoms with Gasteiger partial charge in [0.05, 0.1) is 7.11 Å². The van der Waals surface area contributed by atoms with Crippen molar-refractivity contribution in [3.8, 4) is 5.88 Å². The number of methoxy groups -OCH3 is 1. The number of ether oxygens (including phenoxy) is 1. The second kappa shape index (κ2) is 6.71. The van der Waals surface area contributed by atoms with Crippen LogP contribution in [0.1, 0.15) is 25.3 Å². The van der Waals surface area contributed by atoms with E-state index in [1.165, 1.54) is 18.4 Å². The molecule has 1 aliphatic rings. The van der Waals surface area contributed by atoms with Crippen molar-refractivity contribution in [2.75, 3.05) is 26.7 Å². The standard InChI is InChI=1S/C14H23N3O/c1-12-5-9-17(8-3-6-15-12)11-13-4-7-16-14(10-13)18-2/h4,7,10,12,15H,3,5-6,8-9,11H2,1-2H3. The Kier molecular flexibility index (Phi) is 4.96. The maximum Gasteiger partial charge on any atom is 0.213 e. The van der Waals surface area contributed by atoms with Gasteiger partial charge in [-0.05, 0) is 51.0 Å². The van der Waals surface area contributed by atoms with Crippen LogP contribution in [0.3, 0.4) is 0 Å². The van der Waals surface area contributed by atoms with E-state index in [2.05, 4.69) is 28.2 Å². The van der Waals surface area contributed by atoms with Crippen LogP contribution >= 0.6 is 0 Å². The fraction of sp³-hybridized carbons (Fsp3) is 0.643. The number of nitrogens with zero attached hydrogens (tertiary/aromatic N) is 2. The lowest BCUT2D eigenvalue weighted by Gasteiger charge is -2.27. The zero-order valence-electron chi connectivity index (χ0n) is 11.4. The first-order valence-electron chi connectivity index (χ1n) is 6.72. The fourth-order valence-electron chi connectivity index (χ4n) is 2.32. The van der Waals surface area contributed by atoms with Gasteiger partial charge in [-0.2, -0.15) is 0 Å². The SMILES string of the molecule is COc1cc(CN2CCCNC(C)CC2)ccn1. The van der Waals surface area contributed by atoms with Crippen LogP contribution in [0, 0.1) is 0 Å². The Labute approximate surface area is 109 Å². The molecule has 1 aromatic rings. The molecular formula is C14H23N3O. The summed E-state index contributed by atoms with van der Waals surface area (Å²) in [5, 5.41) is 3.53. The van der Waals surface area contributed by atoms with E-state index in [4.69, 9.17) is 4.74 Å². The van der Waals surface area contributed by atoms with Crippen molar-refractivity contribution < 1.29 is 4.74 Å². The molecule has 1 aliphatic heterocycles. The summed E-state index contributed by atoms with van der Waals surface area (Å²) in [4.78, 5) is 6.67. The van der Waals surface area contributed by atoms with Crippen molar-refractivity contribution in [1.29, 1.82) is 0 Å².